The Balaban J connectivity index is 3.91. The molecule has 0 bridgehead atoms. The van der Waals surface area contributed by atoms with Gasteiger partial charge in [0.2, 0.25) is 0 Å². The van der Waals surface area contributed by atoms with Gasteiger partial charge in [0.25, 0.3) is 0 Å². The molecule has 17 heavy (non-hydrogen) atoms. The average molecular weight is 241 g/mol. The quantitative estimate of drug-likeness (QED) is 0.349. The number of aliphatic carboxylic acids is 1. The predicted octanol–water partition coefficient (Wildman–Crippen LogP) is 2.13. The van der Waals surface area contributed by atoms with E-state index in [4.69, 9.17) is 10.8 Å². The Morgan fingerprint density at radius 3 is 2.18 bits per heavy atom. The van der Waals surface area contributed by atoms with Crippen molar-refractivity contribution in [3.8, 4) is 0 Å². The van der Waals surface area contributed by atoms with Crippen molar-refractivity contribution < 1.29 is 14.7 Å². The summed E-state index contributed by atoms with van der Waals surface area (Å²) in [6.07, 6.45) is 5.25. The fourth-order valence-electron chi connectivity index (χ4n) is 1.69. The summed E-state index contributed by atoms with van der Waals surface area (Å²) < 4.78 is 0. The average Bonchev–Trinajstić information content (AvgIpc) is 2.26. The molecular formula is C13H23NO3. The van der Waals surface area contributed by atoms with Crippen LogP contribution in [0.2, 0.25) is 0 Å². The Hall–Kier alpha value is -1.16. The number of hydrogen-bond donors (Lipinski definition) is 2. The molecule has 1 atom stereocenters. The van der Waals surface area contributed by atoms with Crippen LogP contribution in [-0.2, 0) is 9.59 Å². The van der Waals surface area contributed by atoms with Crippen LogP contribution >= 0.6 is 0 Å². The van der Waals surface area contributed by atoms with Crippen LogP contribution in [0.3, 0.4) is 0 Å². The summed E-state index contributed by atoms with van der Waals surface area (Å²) in [5.74, 6) is -2.30. The minimum atomic E-state index is -1.04. The molecule has 0 amide bonds. The van der Waals surface area contributed by atoms with Crippen molar-refractivity contribution in [2.45, 2.75) is 45.4 Å². The lowest BCUT2D eigenvalue weighted by Crippen LogP contribution is -2.24. The van der Waals surface area contributed by atoms with Crippen LogP contribution in [0.25, 0.3) is 0 Å². The van der Waals surface area contributed by atoms with E-state index in [1.165, 1.54) is 0 Å². The summed E-state index contributed by atoms with van der Waals surface area (Å²) in [4.78, 5) is 22.5. The monoisotopic (exact) mass is 241 g/mol. The van der Waals surface area contributed by atoms with Gasteiger partial charge in [0.05, 0.1) is 0 Å². The van der Waals surface area contributed by atoms with E-state index in [1.807, 2.05) is 0 Å². The third-order valence-corrected chi connectivity index (χ3v) is 2.73. The number of ketones is 1. The second kappa shape index (κ2) is 8.93. The molecule has 0 saturated carbocycles. The standard InChI is InChI=1S/C13H23NO3/c1-10(2)12(15)11(13(16)17)8-6-4-3-5-7-9-14/h11H,1,3-9,14H2,2H3,(H,16,17). The number of carbonyl (C=O) groups is 2. The Labute approximate surface area is 103 Å². The van der Waals surface area contributed by atoms with E-state index in [-0.39, 0.29) is 5.78 Å². The van der Waals surface area contributed by atoms with Crippen LogP contribution in [0.5, 0.6) is 0 Å². The summed E-state index contributed by atoms with van der Waals surface area (Å²) >= 11 is 0. The molecule has 0 spiro atoms. The molecule has 0 aromatic rings. The van der Waals surface area contributed by atoms with Gasteiger partial charge in [-0.25, -0.2) is 0 Å². The van der Waals surface area contributed by atoms with Crippen LogP contribution in [0.4, 0.5) is 0 Å². The molecule has 3 N–H and O–H groups in total. The fraction of sp³-hybridized carbons (Fsp3) is 0.692. The van der Waals surface area contributed by atoms with Gasteiger partial charge in [-0.3, -0.25) is 9.59 Å². The van der Waals surface area contributed by atoms with Crippen molar-refractivity contribution in [3.05, 3.63) is 12.2 Å². The molecule has 0 aliphatic carbocycles. The van der Waals surface area contributed by atoms with Crippen LogP contribution < -0.4 is 5.73 Å². The van der Waals surface area contributed by atoms with Gasteiger partial charge in [0.15, 0.2) is 5.78 Å². The number of carboxylic acid groups (broad SMARTS) is 1. The lowest BCUT2D eigenvalue weighted by Gasteiger charge is -2.10. The summed E-state index contributed by atoms with van der Waals surface area (Å²) in [7, 11) is 0. The number of allylic oxidation sites excluding steroid dienone is 1. The normalized spacial score (nSPS) is 12.1. The highest BCUT2D eigenvalue weighted by Crippen LogP contribution is 2.15. The van der Waals surface area contributed by atoms with Crippen molar-refractivity contribution in [1.29, 1.82) is 0 Å². The van der Waals surface area contributed by atoms with Gasteiger partial charge in [-0.05, 0) is 31.9 Å². The molecule has 4 heteroatoms. The summed E-state index contributed by atoms with van der Waals surface area (Å²) in [6.45, 7) is 5.76. The van der Waals surface area contributed by atoms with E-state index in [2.05, 4.69) is 6.58 Å². The van der Waals surface area contributed by atoms with E-state index < -0.39 is 11.9 Å². The third kappa shape index (κ3) is 6.89. The minimum absolute atomic E-state index is 0.320. The van der Waals surface area contributed by atoms with Crippen molar-refractivity contribution >= 4 is 11.8 Å². The van der Waals surface area contributed by atoms with Crippen LogP contribution in [0.1, 0.15) is 45.4 Å². The Kier molecular flexibility index (Phi) is 8.32. The van der Waals surface area contributed by atoms with Gasteiger partial charge in [-0.15, -0.1) is 0 Å². The molecule has 0 aliphatic heterocycles. The molecule has 0 aliphatic rings. The maximum absolute atomic E-state index is 11.6. The Bertz CT molecular complexity index is 274. The SMILES string of the molecule is C=C(C)C(=O)C(CCCCCCCN)C(=O)O. The number of carbonyl (C=O) groups excluding carboxylic acids is 1. The number of carboxylic acids is 1. The number of hydrogen-bond acceptors (Lipinski definition) is 3. The van der Waals surface area contributed by atoms with Gasteiger partial charge in [0, 0.05) is 0 Å². The van der Waals surface area contributed by atoms with Gasteiger partial charge >= 0.3 is 5.97 Å². The topological polar surface area (TPSA) is 80.4 Å². The maximum Gasteiger partial charge on any atom is 0.314 e. The summed E-state index contributed by atoms with van der Waals surface area (Å²) in [6, 6.07) is 0. The van der Waals surface area contributed by atoms with Gasteiger partial charge in [-0.1, -0.05) is 32.3 Å². The molecule has 98 valence electrons. The highest BCUT2D eigenvalue weighted by molar-refractivity contribution is 6.07. The predicted molar refractivity (Wildman–Crippen MR) is 67.7 cm³/mol. The summed E-state index contributed by atoms with van der Waals surface area (Å²) in [5, 5.41) is 8.95. The van der Waals surface area contributed by atoms with Crippen molar-refractivity contribution in [3.63, 3.8) is 0 Å². The lowest BCUT2D eigenvalue weighted by molar-refractivity contribution is -0.145. The van der Waals surface area contributed by atoms with Gasteiger partial charge < -0.3 is 10.8 Å². The minimum Gasteiger partial charge on any atom is -0.481 e. The van der Waals surface area contributed by atoms with E-state index in [1.54, 1.807) is 6.92 Å². The van der Waals surface area contributed by atoms with E-state index in [0.29, 0.717) is 18.5 Å². The zero-order chi connectivity index (χ0) is 13.3. The molecule has 0 heterocycles. The number of Topliss-reactive ketones (excluding diaryl/α,β-unsaturated/α-hetero) is 1. The van der Waals surface area contributed by atoms with Crippen molar-refractivity contribution in [2.75, 3.05) is 6.54 Å². The fourth-order valence-corrected chi connectivity index (χ4v) is 1.69. The lowest BCUT2D eigenvalue weighted by atomic mass is 9.93. The zero-order valence-electron chi connectivity index (χ0n) is 10.6. The van der Waals surface area contributed by atoms with E-state index >= 15 is 0 Å². The molecule has 4 nitrogen and oxygen atoms in total. The molecule has 0 saturated heterocycles. The smallest absolute Gasteiger partial charge is 0.314 e. The molecule has 0 aromatic carbocycles. The number of unbranched alkanes of at least 4 members (excludes halogenated alkanes) is 4. The molecule has 0 radical (unpaired) electrons. The van der Waals surface area contributed by atoms with E-state index in [9.17, 15) is 9.59 Å². The van der Waals surface area contributed by atoms with E-state index in [0.717, 1.165) is 32.1 Å². The second-order valence-electron chi connectivity index (χ2n) is 4.38. The number of rotatable bonds is 10. The van der Waals surface area contributed by atoms with Gasteiger partial charge in [0.1, 0.15) is 5.92 Å². The second-order valence-corrected chi connectivity index (χ2v) is 4.38. The highest BCUT2D eigenvalue weighted by atomic mass is 16.4. The molecule has 0 aromatic heterocycles. The highest BCUT2D eigenvalue weighted by Gasteiger charge is 2.25. The molecule has 0 fully saturated rings. The van der Waals surface area contributed by atoms with Crippen molar-refractivity contribution in [1.82, 2.24) is 0 Å². The first kappa shape index (κ1) is 15.8. The largest absolute Gasteiger partial charge is 0.481 e. The molecular weight excluding hydrogens is 218 g/mol. The Morgan fingerprint density at radius 1 is 1.18 bits per heavy atom. The van der Waals surface area contributed by atoms with Crippen LogP contribution in [0, 0.1) is 5.92 Å². The first-order chi connectivity index (χ1) is 8.00. The molecule has 0 rings (SSSR count). The maximum atomic E-state index is 11.6. The Morgan fingerprint density at radius 2 is 1.71 bits per heavy atom. The zero-order valence-corrected chi connectivity index (χ0v) is 10.6. The first-order valence-corrected chi connectivity index (χ1v) is 6.13. The van der Waals surface area contributed by atoms with Crippen molar-refractivity contribution in [2.24, 2.45) is 11.7 Å². The van der Waals surface area contributed by atoms with Crippen LogP contribution in [0.15, 0.2) is 12.2 Å². The summed E-state index contributed by atoms with van der Waals surface area (Å²) in [5.41, 5.74) is 5.69. The van der Waals surface area contributed by atoms with Crippen LogP contribution in [-0.4, -0.2) is 23.4 Å². The first-order valence-electron chi connectivity index (χ1n) is 6.13. The number of nitrogens with two attached hydrogens (primary N) is 1. The molecule has 1 unspecified atom stereocenters. The third-order valence-electron chi connectivity index (χ3n) is 2.73. The van der Waals surface area contributed by atoms with Gasteiger partial charge in [-0.2, -0.15) is 0 Å².